The maximum absolute atomic E-state index is 12.2. The molecule has 12 heteroatoms. The zero-order valence-electron chi connectivity index (χ0n) is 21.1. The minimum absolute atomic E-state index is 0.00836. The van der Waals surface area contributed by atoms with E-state index in [1.165, 1.54) is 11.3 Å². The average Bonchev–Trinajstić information content (AvgIpc) is 3.38. The SMILES string of the molecule is COc1cnc2c(-c3nc4c(Cl)cc5c(c4s3)OC[C@H](COC(=O)Nc3ccc(C)nc3)O5)cc(C)cc2n1. The molecule has 198 valence electrons. The highest BCUT2D eigenvalue weighted by molar-refractivity contribution is 7.22. The van der Waals surface area contributed by atoms with Crippen LogP contribution in [0.4, 0.5) is 10.5 Å². The number of aryl methyl sites for hydroxylation is 2. The Balaban J connectivity index is 1.24. The van der Waals surface area contributed by atoms with Crippen molar-refractivity contribution in [2.45, 2.75) is 20.0 Å². The van der Waals surface area contributed by atoms with Crippen molar-refractivity contribution in [3.8, 4) is 28.0 Å². The number of aromatic nitrogens is 4. The Hall–Kier alpha value is -4.22. The molecule has 0 unspecified atom stereocenters. The van der Waals surface area contributed by atoms with E-state index in [-0.39, 0.29) is 13.2 Å². The first kappa shape index (κ1) is 25.1. The van der Waals surface area contributed by atoms with Crippen LogP contribution in [0.2, 0.25) is 5.02 Å². The molecule has 0 saturated heterocycles. The Labute approximate surface area is 231 Å². The summed E-state index contributed by atoms with van der Waals surface area (Å²) in [5.74, 6) is 1.45. The van der Waals surface area contributed by atoms with E-state index >= 15 is 0 Å². The normalized spacial score (nSPS) is 14.4. The molecule has 1 amide bonds. The molecule has 6 rings (SSSR count). The van der Waals surface area contributed by atoms with Crippen LogP contribution in [-0.2, 0) is 4.74 Å². The summed E-state index contributed by atoms with van der Waals surface area (Å²) >= 11 is 8.06. The fourth-order valence-corrected chi connectivity index (χ4v) is 5.57. The van der Waals surface area contributed by atoms with Crippen molar-refractivity contribution < 1.29 is 23.7 Å². The molecule has 0 aliphatic carbocycles. The molecule has 0 bridgehead atoms. The highest BCUT2D eigenvalue weighted by Gasteiger charge is 2.28. The van der Waals surface area contributed by atoms with E-state index in [2.05, 4.69) is 20.3 Å². The summed E-state index contributed by atoms with van der Waals surface area (Å²) < 4.78 is 23.5. The summed E-state index contributed by atoms with van der Waals surface area (Å²) in [4.78, 5) is 30.3. The average molecular weight is 564 g/mol. The van der Waals surface area contributed by atoms with Gasteiger partial charge in [0.15, 0.2) is 17.6 Å². The third-order valence-corrected chi connectivity index (χ3v) is 7.39. The number of pyridine rings is 1. The van der Waals surface area contributed by atoms with Gasteiger partial charge in [-0.3, -0.25) is 10.3 Å². The highest BCUT2D eigenvalue weighted by atomic mass is 35.5. The number of ether oxygens (including phenoxy) is 4. The van der Waals surface area contributed by atoms with Gasteiger partial charge < -0.3 is 18.9 Å². The number of benzene rings is 2. The summed E-state index contributed by atoms with van der Waals surface area (Å²) in [6, 6.07) is 9.19. The third-order valence-electron chi connectivity index (χ3n) is 6.01. The van der Waals surface area contributed by atoms with Gasteiger partial charge in [-0.2, -0.15) is 0 Å². The van der Waals surface area contributed by atoms with Gasteiger partial charge in [0.05, 0.1) is 41.2 Å². The van der Waals surface area contributed by atoms with E-state index < -0.39 is 12.2 Å². The Bertz CT molecular complexity index is 1730. The molecule has 3 aromatic heterocycles. The number of hydrogen-bond acceptors (Lipinski definition) is 10. The number of nitrogens with one attached hydrogen (secondary N) is 1. The first-order valence-electron chi connectivity index (χ1n) is 12.0. The van der Waals surface area contributed by atoms with Gasteiger partial charge in [-0.1, -0.05) is 11.6 Å². The van der Waals surface area contributed by atoms with Crippen molar-refractivity contribution >= 4 is 56.0 Å². The molecule has 10 nitrogen and oxygen atoms in total. The van der Waals surface area contributed by atoms with Crippen molar-refractivity contribution in [1.82, 2.24) is 19.9 Å². The minimum Gasteiger partial charge on any atom is -0.484 e. The molecular weight excluding hydrogens is 542 g/mol. The quantitative estimate of drug-likeness (QED) is 0.276. The summed E-state index contributed by atoms with van der Waals surface area (Å²) in [5.41, 5.74) is 5.26. The molecule has 5 aromatic rings. The predicted octanol–water partition coefficient (Wildman–Crippen LogP) is 5.97. The number of thiazole rings is 1. The Morgan fingerprint density at radius 2 is 2.03 bits per heavy atom. The fraction of sp³-hybridized carbons (Fsp3) is 0.222. The lowest BCUT2D eigenvalue weighted by Crippen LogP contribution is -2.35. The van der Waals surface area contributed by atoms with E-state index in [1.54, 1.807) is 37.7 Å². The number of halogens is 1. The number of carbonyl (C=O) groups excluding carboxylic acids is 1. The van der Waals surface area contributed by atoms with Crippen LogP contribution in [0, 0.1) is 13.8 Å². The van der Waals surface area contributed by atoms with E-state index in [1.807, 2.05) is 26.0 Å². The lowest BCUT2D eigenvalue weighted by atomic mass is 10.1. The van der Waals surface area contributed by atoms with Crippen LogP contribution in [0.5, 0.6) is 17.4 Å². The number of carbonyl (C=O) groups is 1. The summed E-state index contributed by atoms with van der Waals surface area (Å²) in [7, 11) is 1.56. The van der Waals surface area contributed by atoms with Crippen LogP contribution in [0.25, 0.3) is 31.8 Å². The first-order valence-corrected chi connectivity index (χ1v) is 13.2. The maximum atomic E-state index is 12.2. The molecule has 2 aromatic carbocycles. The van der Waals surface area contributed by atoms with Gasteiger partial charge in [0, 0.05) is 17.3 Å². The number of rotatable bonds is 5. The molecule has 1 atom stereocenters. The number of methoxy groups -OCH3 is 1. The minimum atomic E-state index is -0.610. The monoisotopic (exact) mass is 563 g/mol. The molecule has 1 N–H and O–H groups in total. The van der Waals surface area contributed by atoms with E-state index in [0.29, 0.717) is 44.6 Å². The molecule has 0 spiro atoms. The third kappa shape index (κ3) is 4.98. The number of amides is 1. The lowest BCUT2D eigenvalue weighted by molar-refractivity contribution is 0.0384. The van der Waals surface area contributed by atoms with Gasteiger partial charge in [-0.05, 0) is 43.7 Å². The standard InChI is InChI=1S/C27H22ClN5O5S/c1-13-6-17(22-19(7-13)32-21(35-3)10-30-22)26-33-23-18(28)8-20-24(25(23)39-26)36-11-16(38-20)12-37-27(34)31-15-5-4-14(2)29-9-15/h4-10,16H,11-12H2,1-3H3,(H,31,34)/t16-/m1/s1. The van der Waals surface area contributed by atoms with Gasteiger partial charge in [-0.15, -0.1) is 11.3 Å². The largest absolute Gasteiger partial charge is 0.484 e. The number of anilines is 1. The van der Waals surface area contributed by atoms with Crippen molar-refractivity contribution in [2.24, 2.45) is 0 Å². The van der Waals surface area contributed by atoms with Crippen LogP contribution in [0.1, 0.15) is 11.3 Å². The van der Waals surface area contributed by atoms with Crippen LogP contribution in [0.15, 0.2) is 42.7 Å². The van der Waals surface area contributed by atoms with Crippen LogP contribution < -0.4 is 19.5 Å². The summed E-state index contributed by atoms with van der Waals surface area (Å²) in [5, 5.41) is 3.79. The van der Waals surface area contributed by atoms with Crippen molar-refractivity contribution in [1.29, 1.82) is 0 Å². The van der Waals surface area contributed by atoms with Gasteiger partial charge in [-0.25, -0.2) is 19.7 Å². The fourth-order valence-electron chi connectivity index (χ4n) is 4.18. The van der Waals surface area contributed by atoms with E-state index in [4.69, 9.17) is 35.5 Å². The first-order chi connectivity index (χ1) is 18.9. The van der Waals surface area contributed by atoms with Gasteiger partial charge in [0.1, 0.15) is 28.4 Å². The van der Waals surface area contributed by atoms with Crippen LogP contribution in [-0.4, -0.2) is 52.5 Å². The Morgan fingerprint density at radius 1 is 1.15 bits per heavy atom. The summed E-state index contributed by atoms with van der Waals surface area (Å²) in [6.07, 6.45) is 2.03. The molecule has 1 aliphatic heterocycles. The van der Waals surface area contributed by atoms with Crippen molar-refractivity contribution in [2.75, 3.05) is 25.6 Å². The van der Waals surface area contributed by atoms with Gasteiger partial charge in [0.2, 0.25) is 5.88 Å². The van der Waals surface area contributed by atoms with Crippen molar-refractivity contribution in [3.05, 3.63) is 59.0 Å². The molecule has 0 saturated carbocycles. The van der Waals surface area contributed by atoms with Gasteiger partial charge in [0.25, 0.3) is 0 Å². The highest BCUT2D eigenvalue weighted by Crippen LogP contribution is 2.47. The van der Waals surface area contributed by atoms with E-state index in [0.717, 1.165) is 26.5 Å². The maximum Gasteiger partial charge on any atom is 0.411 e. The molecular formula is C27H22ClN5O5S. The Morgan fingerprint density at radius 3 is 2.82 bits per heavy atom. The van der Waals surface area contributed by atoms with E-state index in [9.17, 15) is 4.79 Å². The zero-order valence-corrected chi connectivity index (χ0v) is 22.7. The van der Waals surface area contributed by atoms with Crippen LogP contribution >= 0.6 is 22.9 Å². The molecule has 0 radical (unpaired) electrons. The second-order valence-electron chi connectivity index (χ2n) is 8.94. The zero-order chi connectivity index (χ0) is 27.1. The Kier molecular flexibility index (Phi) is 6.53. The number of fused-ring (bicyclic) bond motifs is 4. The van der Waals surface area contributed by atoms with Crippen molar-refractivity contribution in [3.63, 3.8) is 0 Å². The second kappa shape index (κ2) is 10.2. The molecule has 4 heterocycles. The molecule has 0 fully saturated rings. The van der Waals surface area contributed by atoms with Gasteiger partial charge >= 0.3 is 6.09 Å². The van der Waals surface area contributed by atoms with Crippen LogP contribution in [0.3, 0.4) is 0 Å². The smallest absolute Gasteiger partial charge is 0.411 e. The second-order valence-corrected chi connectivity index (χ2v) is 10.3. The predicted molar refractivity (Wildman–Crippen MR) is 148 cm³/mol. The lowest BCUT2D eigenvalue weighted by Gasteiger charge is -2.26. The topological polar surface area (TPSA) is 118 Å². The summed E-state index contributed by atoms with van der Waals surface area (Å²) in [6.45, 7) is 4.04. The number of nitrogens with zero attached hydrogens (tertiary/aromatic N) is 4. The molecule has 1 aliphatic rings. The number of hydrogen-bond donors (Lipinski definition) is 1. The molecule has 39 heavy (non-hydrogen) atoms.